The Bertz CT molecular complexity index is 413. The summed E-state index contributed by atoms with van der Waals surface area (Å²) in [6.07, 6.45) is 1.89. The van der Waals surface area contributed by atoms with Crippen molar-refractivity contribution in [3.8, 4) is 0 Å². The van der Waals surface area contributed by atoms with Crippen LogP contribution in [-0.4, -0.2) is 4.98 Å². The van der Waals surface area contributed by atoms with Crippen molar-refractivity contribution in [1.29, 1.82) is 0 Å². The summed E-state index contributed by atoms with van der Waals surface area (Å²) in [6, 6.07) is 15.3. The van der Waals surface area contributed by atoms with Gasteiger partial charge in [0, 0.05) is 6.20 Å². The lowest BCUT2D eigenvalue weighted by Crippen LogP contribution is -1.97. The van der Waals surface area contributed by atoms with Gasteiger partial charge in [-0.3, -0.25) is 4.98 Å². The highest BCUT2D eigenvalue weighted by Gasteiger charge is 2.10. The van der Waals surface area contributed by atoms with E-state index in [1.165, 1.54) is 5.56 Å². The fourth-order valence-electron chi connectivity index (χ4n) is 1.65. The van der Waals surface area contributed by atoms with Crippen molar-refractivity contribution in [1.82, 2.24) is 4.98 Å². The number of aromatic nitrogens is 1. The van der Waals surface area contributed by atoms with Crippen LogP contribution in [0.15, 0.2) is 54.7 Å². The lowest BCUT2D eigenvalue weighted by Gasteiger charge is -2.07. The molecule has 2 aromatic rings. The predicted octanol–water partition coefficient (Wildman–Crippen LogP) is 3.73. The number of pyridine rings is 1. The van der Waals surface area contributed by atoms with Gasteiger partial charge in [0.2, 0.25) is 0 Å². The Kier molecular flexibility index (Phi) is 3.65. The summed E-state index contributed by atoms with van der Waals surface area (Å²) in [7, 11) is 0. The van der Waals surface area contributed by atoms with Gasteiger partial charge in [0.15, 0.2) is 0 Å². The molecule has 0 aliphatic heterocycles. The number of hydrogen-bond donors (Lipinski definition) is 0. The van der Waals surface area contributed by atoms with Gasteiger partial charge >= 0.3 is 0 Å². The molecule has 0 radical (unpaired) electrons. The van der Waals surface area contributed by atoms with E-state index in [0.717, 1.165) is 6.42 Å². The molecule has 2 heteroatoms. The van der Waals surface area contributed by atoms with Crippen LogP contribution in [0.1, 0.15) is 23.8 Å². The van der Waals surface area contributed by atoms with E-state index in [0.29, 0.717) is 12.1 Å². The Morgan fingerprint density at radius 1 is 1.00 bits per heavy atom. The average Bonchev–Trinajstić information content (AvgIpc) is 2.38. The van der Waals surface area contributed by atoms with E-state index in [1.807, 2.05) is 36.4 Å². The molecule has 0 fully saturated rings. The summed E-state index contributed by atoms with van der Waals surface area (Å²) in [4.78, 5) is 4.02. The fourth-order valence-corrected chi connectivity index (χ4v) is 1.65. The van der Waals surface area contributed by atoms with Gasteiger partial charge in [-0.25, -0.2) is 4.39 Å². The minimum Gasteiger partial charge on any atom is -0.258 e. The second-order valence-corrected chi connectivity index (χ2v) is 3.75. The summed E-state index contributed by atoms with van der Waals surface area (Å²) >= 11 is 0. The molecule has 0 saturated carbocycles. The Morgan fingerprint density at radius 3 is 2.44 bits per heavy atom. The zero-order valence-electron chi connectivity index (χ0n) is 9.01. The van der Waals surface area contributed by atoms with Crippen LogP contribution >= 0.6 is 0 Å². The number of rotatable bonds is 4. The summed E-state index contributed by atoms with van der Waals surface area (Å²) in [5.41, 5.74) is 1.69. The first kappa shape index (κ1) is 10.8. The zero-order chi connectivity index (χ0) is 11.2. The summed E-state index contributed by atoms with van der Waals surface area (Å²) < 4.78 is 13.8. The molecule has 0 aliphatic carbocycles. The first-order valence-electron chi connectivity index (χ1n) is 5.45. The number of benzene rings is 1. The van der Waals surface area contributed by atoms with E-state index >= 15 is 0 Å². The molecule has 0 N–H and O–H groups in total. The van der Waals surface area contributed by atoms with Crippen LogP contribution in [-0.2, 0) is 6.42 Å². The lowest BCUT2D eigenvalue weighted by atomic mass is 10.1. The zero-order valence-corrected chi connectivity index (χ0v) is 9.01. The molecule has 2 rings (SSSR count). The highest BCUT2D eigenvalue weighted by molar-refractivity contribution is 5.15. The Morgan fingerprint density at radius 2 is 1.75 bits per heavy atom. The van der Waals surface area contributed by atoms with Gasteiger partial charge in [0.1, 0.15) is 6.17 Å². The average molecular weight is 215 g/mol. The number of aryl methyl sites for hydroxylation is 1. The van der Waals surface area contributed by atoms with E-state index in [2.05, 4.69) is 4.98 Å². The maximum atomic E-state index is 13.8. The minimum atomic E-state index is -0.971. The molecule has 1 heterocycles. The van der Waals surface area contributed by atoms with E-state index < -0.39 is 6.17 Å². The van der Waals surface area contributed by atoms with Crippen molar-refractivity contribution in [3.63, 3.8) is 0 Å². The van der Waals surface area contributed by atoms with Crippen LogP contribution in [0.5, 0.6) is 0 Å². The van der Waals surface area contributed by atoms with Crippen LogP contribution in [0.25, 0.3) is 0 Å². The van der Waals surface area contributed by atoms with Crippen LogP contribution in [0.2, 0.25) is 0 Å². The molecule has 0 amide bonds. The van der Waals surface area contributed by atoms with Crippen LogP contribution in [0.3, 0.4) is 0 Å². The van der Waals surface area contributed by atoms with Crippen molar-refractivity contribution in [2.24, 2.45) is 0 Å². The normalized spacial score (nSPS) is 12.3. The molecular weight excluding hydrogens is 201 g/mol. The number of alkyl halides is 1. The Labute approximate surface area is 95.0 Å². The van der Waals surface area contributed by atoms with E-state index in [9.17, 15) is 4.39 Å². The van der Waals surface area contributed by atoms with E-state index in [4.69, 9.17) is 0 Å². The maximum absolute atomic E-state index is 13.8. The third-order valence-electron chi connectivity index (χ3n) is 2.54. The molecule has 0 saturated heterocycles. The quantitative estimate of drug-likeness (QED) is 0.757. The van der Waals surface area contributed by atoms with Crippen molar-refractivity contribution in [2.75, 3.05) is 0 Å². The van der Waals surface area contributed by atoms with Gasteiger partial charge in [-0.15, -0.1) is 0 Å². The molecule has 1 unspecified atom stereocenters. The van der Waals surface area contributed by atoms with Crippen LogP contribution in [0.4, 0.5) is 4.39 Å². The molecule has 0 aliphatic rings. The second kappa shape index (κ2) is 5.40. The molecule has 0 bridgehead atoms. The van der Waals surface area contributed by atoms with Gasteiger partial charge in [-0.05, 0) is 30.5 Å². The molecule has 16 heavy (non-hydrogen) atoms. The molecule has 82 valence electrons. The highest BCUT2D eigenvalue weighted by Crippen LogP contribution is 2.20. The van der Waals surface area contributed by atoms with Gasteiger partial charge in [0.25, 0.3) is 0 Å². The van der Waals surface area contributed by atoms with Gasteiger partial charge in [-0.1, -0.05) is 36.4 Å². The predicted molar refractivity (Wildman–Crippen MR) is 62.8 cm³/mol. The first-order chi connectivity index (χ1) is 7.86. The van der Waals surface area contributed by atoms with Crippen LogP contribution < -0.4 is 0 Å². The monoisotopic (exact) mass is 215 g/mol. The minimum absolute atomic E-state index is 0.487. The largest absolute Gasteiger partial charge is 0.258 e. The SMILES string of the molecule is FC(CCc1ccccc1)c1ccccn1. The molecule has 0 spiro atoms. The smallest absolute Gasteiger partial charge is 0.142 e. The Hall–Kier alpha value is -1.70. The fraction of sp³-hybridized carbons (Fsp3) is 0.214. The molecule has 1 aromatic heterocycles. The summed E-state index contributed by atoms with van der Waals surface area (Å²) in [6.45, 7) is 0. The molecule has 1 nitrogen and oxygen atoms in total. The highest BCUT2D eigenvalue weighted by atomic mass is 19.1. The molecule has 1 aromatic carbocycles. The van der Waals surface area contributed by atoms with Crippen LogP contribution in [0, 0.1) is 0 Å². The standard InChI is InChI=1S/C14H14FN/c15-13(14-8-4-5-11-16-14)10-9-12-6-2-1-3-7-12/h1-8,11,13H,9-10H2. The van der Waals surface area contributed by atoms with E-state index in [1.54, 1.807) is 18.3 Å². The number of hydrogen-bond acceptors (Lipinski definition) is 1. The van der Waals surface area contributed by atoms with Crippen molar-refractivity contribution in [2.45, 2.75) is 19.0 Å². The van der Waals surface area contributed by atoms with Crippen molar-refractivity contribution in [3.05, 3.63) is 66.0 Å². The topological polar surface area (TPSA) is 12.9 Å². The molecular formula is C14H14FN. The van der Waals surface area contributed by atoms with Gasteiger partial charge in [-0.2, -0.15) is 0 Å². The number of halogens is 1. The lowest BCUT2D eigenvalue weighted by molar-refractivity contribution is 0.316. The van der Waals surface area contributed by atoms with Crippen molar-refractivity contribution >= 4 is 0 Å². The summed E-state index contributed by atoms with van der Waals surface area (Å²) in [5.74, 6) is 0. The molecule has 1 atom stereocenters. The number of nitrogens with zero attached hydrogens (tertiary/aromatic N) is 1. The van der Waals surface area contributed by atoms with Crippen molar-refractivity contribution < 1.29 is 4.39 Å². The van der Waals surface area contributed by atoms with Gasteiger partial charge < -0.3 is 0 Å². The summed E-state index contributed by atoms with van der Waals surface area (Å²) in [5, 5.41) is 0. The third-order valence-corrected chi connectivity index (χ3v) is 2.54. The second-order valence-electron chi connectivity index (χ2n) is 3.75. The Balaban J connectivity index is 1.92. The third kappa shape index (κ3) is 2.89. The van der Waals surface area contributed by atoms with E-state index in [-0.39, 0.29) is 0 Å². The first-order valence-corrected chi connectivity index (χ1v) is 5.45. The van der Waals surface area contributed by atoms with Gasteiger partial charge in [0.05, 0.1) is 5.69 Å². The maximum Gasteiger partial charge on any atom is 0.142 e.